The summed E-state index contributed by atoms with van der Waals surface area (Å²) in [6.07, 6.45) is 4.64. The van der Waals surface area contributed by atoms with Gasteiger partial charge in [0.2, 0.25) is 0 Å². The van der Waals surface area contributed by atoms with Crippen molar-refractivity contribution >= 4 is 35.3 Å². The quantitative estimate of drug-likeness (QED) is 0.102. The van der Waals surface area contributed by atoms with Gasteiger partial charge >= 0.3 is 17.9 Å². The van der Waals surface area contributed by atoms with Crippen molar-refractivity contribution in [2.75, 3.05) is 0 Å². The second-order valence-electron chi connectivity index (χ2n) is 14.2. The van der Waals surface area contributed by atoms with Crippen LogP contribution in [0.5, 0.6) is 5.75 Å². The molecule has 11 nitrogen and oxygen atoms in total. The number of carboxylic acid groups (broad SMARTS) is 2. The van der Waals surface area contributed by atoms with Crippen molar-refractivity contribution in [3.05, 3.63) is 88.5 Å². The van der Waals surface area contributed by atoms with Crippen LogP contribution in [0.2, 0.25) is 5.02 Å². The van der Waals surface area contributed by atoms with E-state index in [9.17, 15) is 34.5 Å². The van der Waals surface area contributed by atoms with Gasteiger partial charge in [0.05, 0.1) is 30.7 Å². The molecule has 0 fully saturated rings. The number of allylic oxidation sites excluding steroid dienone is 2. The van der Waals surface area contributed by atoms with Crippen LogP contribution in [-0.2, 0) is 19.1 Å². The molecule has 2 aromatic rings. The van der Waals surface area contributed by atoms with Crippen molar-refractivity contribution in [2.24, 2.45) is 23.7 Å². The van der Waals surface area contributed by atoms with Gasteiger partial charge in [0, 0.05) is 28.5 Å². The molecule has 0 bridgehead atoms. The molecule has 4 rings (SSSR count). The fourth-order valence-corrected chi connectivity index (χ4v) is 6.43. The second kappa shape index (κ2) is 19.2. The summed E-state index contributed by atoms with van der Waals surface area (Å²) in [5.41, 5.74) is 0.646. The molecule has 0 spiro atoms. The molecule has 0 aromatic heterocycles. The van der Waals surface area contributed by atoms with Crippen molar-refractivity contribution in [1.29, 1.82) is 0 Å². The lowest BCUT2D eigenvalue weighted by atomic mass is 9.66. The first-order valence-electron chi connectivity index (χ1n) is 17.6. The number of halogens is 1. The Bertz CT molecular complexity index is 1580. The van der Waals surface area contributed by atoms with Gasteiger partial charge in [-0.1, -0.05) is 50.6 Å². The number of hydrogen-bond donors (Lipinski definition) is 5. The fraction of sp³-hybridized carbons (Fsp3) is 0.500. The third-order valence-electron chi connectivity index (χ3n) is 9.55. The number of carbonyl (C=O) groups is 4. The van der Waals surface area contributed by atoms with E-state index in [0.29, 0.717) is 47.6 Å². The number of ether oxygens (including phenoxy) is 2. The topological polar surface area (TPSA) is 188 Å². The Morgan fingerprint density at radius 2 is 1.56 bits per heavy atom. The summed E-state index contributed by atoms with van der Waals surface area (Å²) in [7, 11) is 0. The van der Waals surface area contributed by atoms with Gasteiger partial charge in [0.15, 0.2) is 11.4 Å². The van der Waals surface area contributed by atoms with Gasteiger partial charge in [-0.3, -0.25) is 14.4 Å². The molecule has 0 saturated heterocycles. The summed E-state index contributed by atoms with van der Waals surface area (Å²) in [6, 6.07) is 13.0. The number of aliphatic hydroxyl groups excluding tert-OH is 3. The van der Waals surface area contributed by atoms with Crippen LogP contribution in [0, 0.1) is 23.7 Å². The monoisotopic (exact) mass is 742 g/mol. The third-order valence-corrected chi connectivity index (χ3v) is 9.81. The lowest BCUT2D eigenvalue weighted by Crippen LogP contribution is -2.43. The van der Waals surface area contributed by atoms with Crippen molar-refractivity contribution in [2.45, 2.75) is 103 Å². The van der Waals surface area contributed by atoms with Gasteiger partial charge in [-0.05, 0) is 105 Å². The minimum Gasteiger partial charge on any atom is -0.481 e. The molecular formula is C40H51ClO11. The maximum atomic E-state index is 12.4. The molecule has 12 heteroatoms. The molecule has 284 valence electrons. The van der Waals surface area contributed by atoms with E-state index in [-0.39, 0.29) is 48.3 Å². The van der Waals surface area contributed by atoms with E-state index in [0.717, 1.165) is 5.57 Å². The highest BCUT2D eigenvalue weighted by molar-refractivity contribution is 6.30. The second-order valence-corrected chi connectivity index (χ2v) is 14.6. The number of carboxylic acids is 2. The molecular weight excluding hydrogens is 692 g/mol. The van der Waals surface area contributed by atoms with E-state index in [2.05, 4.69) is 13.0 Å². The zero-order valence-corrected chi connectivity index (χ0v) is 31.0. The molecule has 0 amide bonds. The van der Waals surface area contributed by atoms with Gasteiger partial charge in [0.25, 0.3) is 0 Å². The van der Waals surface area contributed by atoms with Crippen molar-refractivity contribution < 1.29 is 54.2 Å². The van der Waals surface area contributed by atoms with E-state index in [4.69, 9.17) is 31.3 Å². The molecule has 2 aliphatic rings. The molecule has 8 atom stereocenters. The molecule has 0 radical (unpaired) electrons. The average Bonchev–Trinajstić information content (AvgIpc) is 3.07. The minimum atomic E-state index is -1.33. The number of esters is 1. The number of fused-ring (bicyclic) bond motifs is 1. The normalized spacial score (nSPS) is 22.7. The van der Waals surface area contributed by atoms with Crippen LogP contribution in [0.3, 0.4) is 0 Å². The third kappa shape index (κ3) is 12.3. The molecule has 0 saturated carbocycles. The van der Waals surface area contributed by atoms with Crippen LogP contribution in [0.25, 0.3) is 0 Å². The molecule has 0 unspecified atom stereocenters. The smallest absolute Gasteiger partial charge is 0.347 e. The molecule has 0 heterocycles. The summed E-state index contributed by atoms with van der Waals surface area (Å²) >= 11 is 5.79. The SMILES string of the molecule is CC(C)(Oc1ccc(C(=O)c2ccc(Cl)cc2)cc1)C(=O)O.CC[C@H](C)C(=O)O[C@H]1C[C@H](O)C=C2C=C[C@H](C)[C@H](CC[C@@H](O)C[C@@H](O)CC(=O)O)[C@H]21. The van der Waals surface area contributed by atoms with Crippen LogP contribution < -0.4 is 4.74 Å². The number of hydrogen-bond acceptors (Lipinski definition) is 9. The first-order valence-corrected chi connectivity index (χ1v) is 18.0. The average molecular weight is 743 g/mol. The summed E-state index contributed by atoms with van der Waals surface area (Å²) in [5.74, 6) is -2.12. The largest absolute Gasteiger partial charge is 0.481 e. The Morgan fingerprint density at radius 1 is 0.962 bits per heavy atom. The number of benzene rings is 2. The van der Waals surface area contributed by atoms with E-state index < -0.39 is 42.0 Å². The first-order chi connectivity index (χ1) is 24.4. The van der Waals surface area contributed by atoms with Gasteiger partial charge in [-0.25, -0.2) is 4.79 Å². The Labute approximate surface area is 309 Å². The van der Waals surface area contributed by atoms with Crippen LogP contribution in [0.1, 0.15) is 89.1 Å². The van der Waals surface area contributed by atoms with E-state index in [1.165, 1.54) is 13.8 Å². The highest BCUT2D eigenvalue weighted by Gasteiger charge is 2.42. The summed E-state index contributed by atoms with van der Waals surface area (Å²) in [4.78, 5) is 46.4. The number of carbonyl (C=O) groups excluding carboxylic acids is 2. The number of aliphatic hydroxyl groups is 3. The van der Waals surface area contributed by atoms with Crippen molar-refractivity contribution in [3.63, 3.8) is 0 Å². The number of rotatable bonds is 15. The maximum Gasteiger partial charge on any atom is 0.347 e. The molecule has 5 N–H and O–H groups in total. The molecule has 52 heavy (non-hydrogen) atoms. The van der Waals surface area contributed by atoms with Gasteiger partial charge in [-0.2, -0.15) is 0 Å². The maximum absolute atomic E-state index is 12.4. The highest BCUT2D eigenvalue weighted by atomic mass is 35.5. The molecule has 2 aromatic carbocycles. The number of aliphatic carboxylic acids is 2. The summed E-state index contributed by atoms with van der Waals surface area (Å²) < 4.78 is 11.2. The zero-order chi connectivity index (χ0) is 38.7. The van der Waals surface area contributed by atoms with Gasteiger partial charge in [0.1, 0.15) is 11.9 Å². The predicted molar refractivity (Wildman–Crippen MR) is 195 cm³/mol. The van der Waals surface area contributed by atoms with Crippen LogP contribution in [0.15, 0.2) is 72.3 Å². The lowest BCUT2D eigenvalue weighted by Gasteiger charge is -2.43. The highest BCUT2D eigenvalue weighted by Crippen LogP contribution is 2.44. The van der Waals surface area contributed by atoms with Crippen LogP contribution >= 0.6 is 11.6 Å². The summed E-state index contributed by atoms with van der Waals surface area (Å²) in [5, 5.41) is 48.7. The van der Waals surface area contributed by atoms with E-state index in [1.807, 2.05) is 26.0 Å². The standard InChI is InChI=1S/C23H36O7.C17H15ClO4/c1-4-13(2)23(29)30-20-11-17(25)9-15-6-5-14(3)19(22(15)20)8-7-16(24)10-18(26)12-21(27)28;1-17(2,16(20)21)22-14-9-5-12(6-10-14)15(19)11-3-7-13(18)8-4-11/h5-6,9,13-14,16-20,22,24-26H,4,7-8,10-12H2,1-3H3,(H,27,28);3-10H,1-2H3,(H,20,21)/t13-,14-,16+,17+,18+,19-,20-,22-;/m0./s1. The lowest BCUT2D eigenvalue weighted by molar-refractivity contribution is -0.159. The Hall–Kier alpha value is -4.03. The molecule has 0 aliphatic heterocycles. The van der Waals surface area contributed by atoms with Crippen LogP contribution in [-0.4, -0.2) is 79.2 Å². The number of ketones is 1. The molecule has 2 aliphatic carbocycles. The van der Waals surface area contributed by atoms with E-state index >= 15 is 0 Å². The van der Waals surface area contributed by atoms with E-state index in [1.54, 1.807) is 48.5 Å². The van der Waals surface area contributed by atoms with Crippen molar-refractivity contribution in [1.82, 2.24) is 0 Å². The zero-order valence-electron chi connectivity index (χ0n) is 30.3. The Balaban J connectivity index is 0.000000294. The predicted octanol–water partition coefficient (Wildman–Crippen LogP) is 6.25. The van der Waals surface area contributed by atoms with Gasteiger partial charge < -0.3 is 35.0 Å². The van der Waals surface area contributed by atoms with Crippen molar-refractivity contribution in [3.8, 4) is 5.75 Å². The van der Waals surface area contributed by atoms with Crippen LogP contribution in [0.4, 0.5) is 0 Å². The van der Waals surface area contributed by atoms with Gasteiger partial charge in [-0.15, -0.1) is 0 Å². The first kappa shape index (κ1) is 42.4. The fourth-order valence-electron chi connectivity index (χ4n) is 6.30. The minimum absolute atomic E-state index is 0.0156. The Kier molecular flexibility index (Phi) is 15.6. The Morgan fingerprint density at radius 3 is 2.12 bits per heavy atom. The summed E-state index contributed by atoms with van der Waals surface area (Å²) in [6.45, 7) is 8.77.